The van der Waals surface area contributed by atoms with Crippen LogP contribution < -0.4 is 14.8 Å². The Kier molecular flexibility index (Phi) is 6.44. The molecular weight excluding hydrogens is 385 g/mol. The van der Waals surface area contributed by atoms with Gasteiger partial charge in [-0.1, -0.05) is 34.9 Å². The molecule has 0 aliphatic carbocycles. The molecular formula is C19H19ClFN5O2. The van der Waals surface area contributed by atoms with Gasteiger partial charge < -0.3 is 14.8 Å². The van der Waals surface area contributed by atoms with Gasteiger partial charge in [-0.25, -0.2) is 9.07 Å². The summed E-state index contributed by atoms with van der Waals surface area (Å²) in [4.78, 5) is 0. The fraction of sp³-hybridized carbons (Fsp3) is 0.211. The molecule has 0 atom stereocenters. The van der Waals surface area contributed by atoms with Crippen LogP contribution in [0.2, 0.25) is 5.02 Å². The summed E-state index contributed by atoms with van der Waals surface area (Å²) in [5.41, 5.74) is 1.23. The molecule has 0 bridgehead atoms. The summed E-state index contributed by atoms with van der Waals surface area (Å²) in [6.07, 6.45) is 1.71. The quantitative estimate of drug-likeness (QED) is 0.547. The molecule has 0 fully saturated rings. The number of rotatable bonds is 9. The van der Waals surface area contributed by atoms with Crippen molar-refractivity contribution in [2.24, 2.45) is 0 Å². The Morgan fingerprint density at radius 3 is 2.89 bits per heavy atom. The standard InChI is InChI=1S/C19H19ClFN5O2/c1-3-9-26-19(23-24-25-26)22-11-13-7-8-17(18(10-13)27-2)28-12-14-15(20)5-4-6-16(14)21/h3-8,10H,1,9,11-12H2,2H3,(H,22,23,25). The zero-order chi connectivity index (χ0) is 19.9. The Morgan fingerprint density at radius 1 is 1.29 bits per heavy atom. The summed E-state index contributed by atoms with van der Waals surface area (Å²) in [5.74, 6) is 1.14. The van der Waals surface area contributed by atoms with Crippen LogP contribution in [0.3, 0.4) is 0 Å². The molecule has 28 heavy (non-hydrogen) atoms. The van der Waals surface area contributed by atoms with Gasteiger partial charge in [0.25, 0.3) is 0 Å². The van der Waals surface area contributed by atoms with Crippen molar-refractivity contribution in [1.82, 2.24) is 20.2 Å². The van der Waals surface area contributed by atoms with Gasteiger partial charge >= 0.3 is 0 Å². The lowest BCUT2D eigenvalue weighted by atomic mass is 10.2. The van der Waals surface area contributed by atoms with Crippen molar-refractivity contribution < 1.29 is 13.9 Å². The largest absolute Gasteiger partial charge is 0.493 e. The molecule has 0 saturated heterocycles. The van der Waals surface area contributed by atoms with Crippen LogP contribution >= 0.6 is 11.6 Å². The van der Waals surface area contributed by atoms with E-state index in [9.17, 15) is 4.39 Å². The van der Waals surface area contributed by atoms with Gasteiger partial charge in [0.2, 0.25) is 5.95 Å². The summed E-state index contributed by atoms with van der Waals surface area (Å²) in [6, 6.07) is 9.97. The normalized spacial score (nSPS) is 10.5. The molecule has 0 spiro atoms. The second kappa shape index (κ2) is 9.18. The van der Waals surface area contributed by atoms with E-state index in [4.69, 9.17) is 21.1 Å². The highest BCUT2D eigenvalue weighted by Crippen LogP contribution is 2.30. The van der Waals surface area contributed by atoms with Gasteiger partial charge in [-0.3, -0.25) is 0 Å². The lowest BCUT2D eigenvalue weighted by Gasteiger charge is -2.13. The first-order chi connectivity index (χ1) is 13.6. The predicted molar refractivity (Wildman–Crippen MR) is 104 cm³/mol. The number of nitrogens with one attached hydrogen (secondary N) is 1. The Balaban J connectivity index is 1.68. The number of ether oxygens (including phenoxy) is 2. The smallest absolute Gasteiger partial charge is 0.243 e. The highest BCUT2D eigenvalue weighted by atomic mass is 35.5. The zero-order valence-corrected chi connectivity index (χ0v) is 16.0. The first kappa shape index (κ1) is 19.6. The van der Waals surface area contributed by atoms with Crippen molar-refractivity contribution in [3.05, 3.63) is 71.0 Å². The molecule has 0 aliphatic heterocycles. The summed E-state index contributed by atoms with van der Waals surface area (Å²) in [6.45, 7) is 4.65. The van der Waals surface area contributed by atoms with Crippen LogP contribution in [0.5, 0.6) is 11.5 Å². The molecule has 146 valence electrons. The Labute approximate surface area is 166 Å². The molecule has 3 rings (SSSR count). The Morgan fingerprint density at radius 2 is 2.14 bits per heavy atom. The molecule has 2 aromatic carbocycles. The van der Waals surface area contributed by atoms with Crippen LogP contribution in [0.15, 0.2) is 49.1 Å². The van der Waals surface area contributed by atoms with Crippen LogP contribution in [0, 0.1) is 5.82 Å². The first-order valence-electron chi connectivity index (χ1n) is 8.46. The van der Waals surface area contributed by atoms with E-state index in [1.807, 2.05) is 12.1 Å². The van der Waals surface area contributed by atoms with E-state index in [0.717, 1.165) is 5.56 Å². The fourth-order valence-electron chi connectivity index (χ4n) is 2.52. The second-order valence-corrected chi connectivity index (χ2v) is 6.21. The number of anilines is 1. The minimum atomic E-state index is -0.412. The number of allylic oxidation sites excluding steroid dienone is 1. The van der Waals surface area contributed by atoms with Crippen LogP contribution in [-0.4, -0.2) is 27.3 Å². The fourth-order valence-corrected chi connectivity index (χ4v) is 2.74. The average molecular weight is 404 g/mol. The maximum absolute atomic E-state index is 13.9. The van der Waals surface area contributed by atoms with E-state index in [1.54, 1.807) is 36.1 Å². The van der Waals surface area contributed by atoms with Gasteiger partial charge in [-0.2, -0.15) is 0 Å². The second-order valence-electron chi connectivity index (χ2n) is 5.80. The molecule has 0 aliphatic rings. The van der Waals surface area contributed by atoms with Gasteiger partial charge in [-0.05, 0) is 40.3 Å². The SMILES string of the molecule is C=CCn1nnnc1NCc1ccc(OCc2c(F)cccc2Cl)c(OC)c1. The van der Waals surface area contributed by atoms with Crippen molar-refractivity contribution in [1.29, 1.82) is 0 Å². The molecule has 0 amide bonds. The van der Waals surface area contributed by atoms with E-state index in [2.05, 4.69) is 27.4 Å². The number of halogens is 2. The van der Waals surface area contributed by atoms with Crippen molar-refractivity contribution in [2.45, 2.75) is 19.7 Å². The van der Waals surface area contributed by atoms with E-state index in [-0.39, 0.29) is 6.61 Å². The highest BCUT2D eigenvalue weighted by molar-refractivity contribution is 6.31. The van der Waals surface area contributed by atoms with Crippen molar-refractivity contribution in [3.63, 3.8) is 0 Å². The Hall–Kier alpha value is -3.13. The number of tetrazole rings is 1. The van der Waals surface area contributed by atoms with Gasteiger partial charge in [0.15, 0.2) is 11.5 Å². The molecule has 1 aromatic heterocycles. The molecule has 3 aromatic rings. The molecule has 0 radical (unpaired) electrons. The van der Waals surface area contributed by atoms with Crippen molar-refractivity contribution in [3.8, 4) is 11.5 Å². The van der Waals surface area contributed by atoms with Gasteiger partial charge in [0.05, 0.1) is 18.7 Å². The summed E-state index contributed by atoms with van der Waals surface area (Å²) in [5, 5.41) is 14.9. The van der Waals surface area contributed by atoms with Crippen LogP contribution in [-0.2, 0) is 19.7 Å². The number of hydrogen-bond donors (Lipinski definition) is 1. The lowest BCUT2D eigenvalue weighted by Crippen LogP contribution is -2.08. The minimum Gasteiger partial charge on any atom is -0.493 e. The predicted octanol–water partition coefficient (Wildman–Crippen LogP) is 3.85. The maximum atomic E-state index is 13.9. The topological polar surface area (TPSA) is 74.1 Å². The van der Waals surface area contributed by atoms with Gasteiger partial charge in [0, 0.05) is 12.1 Å². The maximum Gasteiger partial charge on any atom is 0.243 e. The lowest BCUT2D eigenvalue weighted by molar-refractivity contribution is 0.279. The minimum absolute atomic E-state index is 0.00418. The van der Waals surface area contributed by atoms with Crippen molar-refractivity contribution >= 4 is 17.5 Å². The van der Waals surface area contributed by atoms with Crippen LogP contribution in [0.4, 0.5) is 10.3 Å². The molecule has 1 heterocycles. The third-order valence-electron chi connectivity index (χ3n) is 3.95. The van der Waals surface area contributed by atoms with Crippen LogP contribution in [0.1, 0.15) is 11.1 Å². The average Bonchev–Trinajstić information content (AvgIpc) is 3.14. The summed E-state index contributed by atoms with van der Waals surface area (Å²) >= 11 is 6.04. The van der Waals surface area contributed by atoms with Gasteiger partial charge in [-0.15, -0.1) is 6.58 Å². The van der Waals surface area contributed by atoms with E-state index < -0.39 is 5.82 Å². The first-order valence-corrected chi connectivity index (χ1v) is 8.83. The number of nitrogens with zero attached hydrogens (tertiary/aromatic N) is 4. The van der Waals surface area contributed by atoms with E-state index in [1.165, 1.54) is 6.07 Å². The molecule has 1 N–H and O–H groups in total. The molecule has 7 nitrogen and oxygen atoms in total. The highest BCUT2D eigenvalue weighted by Gasteiger charge is 2.11. The third-order valence-corrected chi connectivity index (χ3v) is 4.30. The van der Waals surface area contributed by atoms with Crippen molar-refractivity contribution in [2.75, 3.05) is 12.4 Å². The monoisotopic (exact) mass is 403 g/mol. The molecule has 0 saturated carbocycles. The molecule has 9 heteroatoms. The summed E-state index contributed by atoms with van der Waals surface area (Å²) < 4.78 is 26.6. The number of hydrogen-bond acceptors (Lipinski definition) is 6. The van der Waals surface area contributed by atoms with E-state index in [0.29, 0.717) is 41.1 Å². The van der Waals surface area contributed by atoms with E-state index >= 15 is 0 Å². The van der Waals surface area contributed by atoms with Gasteiger partial charge in [0.1, 0.15) is 12.4 Å². The Bertz CT molecular complexity index is 943. The van der Waals surface area contributed by atoms with Crippen LogP contribution in [0.25, 0.3) is 0 Å². The number of benzene rings is 2. The number of aromatic nitrogens is 4. The number of methoxy groups -OCH3 is 1. The zero-order valence-electron chi connectivity index (χ0n) is 15.2. The third kappa shape index (κ3) is 4.58. The molecule has 0 unspecified atom stereocenters. The summed E-state index contributed by atoms with van der Waals surface area (Å²) in [7, 11) is 1.54.